The van der Waals surface area contributed by atoms with Gasteiger partial charge in [0.05, 0.1) is 16.4 Å². The highest BCUT2D eigenvalue weighted by molar-refractivity contribution is 9.10. The Hall–Kier alpha value is -1.66. The maximum absolute atomic E-state index is 13.2. The van der Waals surface area contributed by atoms with Crippen LogP contribution in [0.2, 0.25) is 5.02 Å². The van der Waals surface area contributed by atoms with Crippen LogP contribution in [0.1, 0.15) is 16.1 Å². The molecule has 4 nitrogen and oxygen atoms in total. The third-order valence-electron chi connectivity index (χ3n) is 2.54. The van der Waals surface area contributed by atoms with E-state index in [1.165, 1.54) is 12.3 Å². The van der Waals surface area contributed by atoms with Crippen molar-refractivity contribution in [1.29, 1.82) is 0 Å². The van der Waals surface area contributed by atoms with Crippen LogP contribution in [0.15, 0.2) is 28.9 Å². The normalized spacial score (nSPS) is 10.4. The van der Waals surface area contributed by atoms with Gasteiger partial charge in [-0.05, 0) is 41.1 Å². The van der Waals surface area contributed by atoms with Gasteiger partial charge in [0.15, 0.2) is 0 Å². The molecular formula is C13H9BrClFN2O2. The number of benzene rings is 1. The lowest BCUT2D eigenvalue weighted by molar-refractivity contribution is 0.0697. The Balaban J connectivity index is 2.50. The van der Waals surface area contributed by atoms with Crippen LogP contribution in [-0.4, -0.2) is 16.1 Å². The van der Waals surface area contributed by atoms with Crippen LogP contribution in [0.3, 0.4) is 0 Å². The van der Waals surface area contributed by atoms with Crippen LogP contribution >= 0.6 is 27.5 Å². The maximum atomic E-state index is 13.2. The number of anilines is 2. The molecule has 0 aliphatic carbocycles. The van der Waals surface area contributed by atoms with E-state index in [9.17, 15) is 9.18 Å². The van der Waals surface area contributed by atoms with Crippen molar-refractivity contribution in [2.75, 3.05) is 5.32 Å². The minimum absolute atomic E-state index is 0.00268. The first kappa shape index (κ1) is 14.7. The topological polar surface area (TPSA) is 62.2 Å². The summed E-state index contributed by atoms with van der Waals surface area (Å²) in [7, 11) is 0. The minimum Gasteiger partial charge on any atom is -0.478 e. The molecule has 1 heterocycles. The van der Waals surface area contributed by atoms with Crippen molar-refractivity contribution in [3.8, 4) is 0 Å². The minimum atomic E-state index is -1.12. The lowest BCUT2D eigenvalue weighted by Gasteiger charge is -2.13. The largest absolute Gasteiger partial charge is 0.478 e. The smallest absolute Gasteiger partial charge is 0.339 e. The summed E-state index contributed by atoms with van der Waals surface area (Å²) in [6.07, 6.45) is 1.26. The molecule has 0 fully saturated rings. The summed E-state index contributed by atoms with van der Waals surface area (Å²) in [5.41, 5.74) is 1.37. The van der Waals surface area contributed by atoms with E-state index in [1.54, 1.807) is 13.0 Å². The van der Waals surface area contributed by atoms with Gasteiger partial charge < -0.3 is 10.4 Å². The molecule has 2 rings (SSSR count). The van der Waals surface area contributed by atoms with Crippen LogP contribution in [0.4, 0.5) is 15.8 Å². The molecule has 7 heteroatoms. The zero-order valence-electron chi connectivity index (χ0n) is 10.2. The monoisotopic (exact) mass is 358 g/mol. The standard InChI is InChI=1S/C13H9BrClFN2O2/c1-6-2-11(8(5-17-6)13(19)20)18-12-9(14)3-7(16)4-10(12)15/h2-5H,1H3,(H,17,18)(H,19,20). The summed E-state index contributed by atoms with van der Waals surface area (Å²) in [6.45, 7) is 1.73. The number of halogens is 3. The lowest BCUT2D eigenvalue weighted by Crippen LogP contribution is -2.05. The Morgan fingerprint density at radius 1 is 1.45 bits per heavy atom. The van der Waals surface area contributed by atoms with Crippen LogP contribution in [-0.2, 0) is 0 Å². The molecule has 20 heavy (non-hydrogen) atoms. The molecule has 2 N–H and O–H groups in total. The number of aromatic carboxylic acids is 1. The van der Waals surface area contributed by atoms with Crippen LogP contribution in [0, 0.1) is 12.7 Å². The van der Waals surface area contributed by atoms with Gasteiger partial charge >= 0.3 is 5.97 Å². The molecule has 0 bridgehead atoms. The number of carbonyl (C=O) groups is 1. The Morgan fingerprint density at radius 3 is 2.75 bits per heavy atom. The third-order valence-corrected chi connectivity index (χ3v) is 3.46. The second kappa shape index (κ2) is 5.76. The first-order chi connectivity index (χ1) is 9.38. The van der Waals surface area contributed by atoms with E-state index in [1.807, 2.05) is 0 Å². The number of pyridine rings is 1. The molecule has 0 amide bonds. The number of hydrogen-bond acceptors (Lipinski definition) is 3. The average Bonchev–Trinajstić information content (AvgIpc) is 2.33. The SMILES string of the molecule is Cc1cc(Nc2c(Cl)cc(F)cc2Br)c(C(=O)O)cn1. The summed E-state index contributed by atoms with van der Waals surface area (Å²) >= 11 is 9.15. The molecule has 1 aromatic carbocycles. The van der Waals surface area contributed by atoms with E-state index in [4.69, 9.17) is 16.7 Å². The van der Waals surface area contributed by atoms with E-state index in [-0.39, 0.29) is 10.6 Å². The molecule has 0 atom stereocenters. The molecule has 104 valence electrons. The fraction of sp³-hybridized carbons (Fsp3) is 0.0769. The fourth-order valence-corrected chi connectivity index (χ4v) is 2.53. The van der Waals surface area contributed by atoms with Gasteiger partial charge in [-0.3, -0.25) is 4.98 Å². The molecule has 0 spiro atoms. The molecule has 0 aliphatic rings. The highest BCUT2D eigenvalue weighted by Crippen LogP contribution is 2.35. The van der Waals surface area contributed by atoms with Crippen LogP contribution in [0.5, 0.6) is 0 Å². The highest BCUT2D eigenvalue weighted by Gasteiger charge is 2.14. The van der Waals surface area contributed by atoms with E-state index in [0.717, 1.165) is 6.07 Å². The molecular weight excluding hydrogens is 351 g/mol. The van der Waals surface area contributed by atoms with Crippen molar-refractivity contribution in [1.82, 2.24) is 4.98 Å². The van der Waals surface area contributed by atoms with Crippen LogP contribution in [0.25, 0.3) is 0 Å². The summed E-state index contributed by atoms with van der Waals surface area (Å²) in [6, 6.07) is 3.96. The Kier molecular flexibility index (Phi) is 4.25. The maximum Gasteiger partial charge on any atom is 0.339 e. The number of nitrogens with zero attached hydrogens (tertiary/aromatic N) is 1. The lowest BCUT2D eigenvalue weighted by atomic mass is 10.2. The molecule has 0 radical (unpaired) electrons. The van der Waals surface area contributed by atoms with Crippen LogP contribution < -0.4 is 5.32 Å². The zero-order valence-corrected chi connectivity index (χ0v) is 12.6. The number of nitrogens with one attached hydrogen (secondary N) is 1. The summed E-state index contributed by atoms with van der Waals surface area (Å²) in [5.74, 6) is -1.61. The van der Waals surface area contributed by atoms with Gasteiger partial charge in [0.2, 0.25) is 0 Å². The summed E-state index contributed by atoms with van der Waals surface area (Å²) < 4.78 is 13.6. The number of carboxylic acid groups (broad SMARTS) is 1. The molecule has 0 aliphatic heterocycles. The van der Waals surface area contributed by atoms with E-state index in [0.29, 0.717) is 21.5 Å². The van der Waals surface area contributed by atoms with E-state index >= 15 is 0 Å². The highest BCUT2D eigenvalue weighted by atomic mass is 79.9. The molecule has 2 aromatic rings. The van der Waals surface area contributed by atoms with Gasteiger partial charge in [-0.2, -0.15) is 0 Å². The van der Waals surface area contributed by atoms with Crippen molar-refractivity contribution >= 4 is 44.9 Å². The van der Waals surface area contributed by atoms with Gasteiger partial charge in [0.25, 0.3) is 0 Å². The molecule has 0 saturated carbocycles. The van der Waals surface area contributed by atoms with Gasteiger partial charge in [-0.1, -0.05) is 11.6 Å². The predicted molar refractivity (Wildman–Crippen MR) is 78.3 cm³/mol. The summed E-state index contributed by atoms with van der Waals surface area (Å²) in [5, 5.41) is 12.2. The Morgan fingerprint density at radius 2 is 2.15 bits per heavy atom. The van der Waals surface area contributed by atoms with Crippen molar-refractivity contribution in [3.63, 3.8) is 0 Å². The predicted octanol–water partition coefficient (Wildman–Crippen LogP) is 4.39. The Bertz CT molecular complexity index is 671. The summed E-state index contributed by atoms with van der Waals surface area (Å²) in [4.78, 5) is 15.1. The molecule has 0 saturated heterocycles. The Labute approximate surface area is 127 Å². The van der Waals surface area contributed by atoms with Gasteiger partial charge in [-0.15, -0.1) is 0 Å². The van der Waals surface area contributed by atoms with Crippen molar-refractivity contribution in [2.24, 2.45) is 0 Å². The third kappa shape index (κ3) is 3.08. The fourth-order valence-electron chi connectivity index (χ4n) is 1.63. The number of aryl methyl sites for hydroxylation is 1. The van der Waals surface area contributed by atoms with E-state index in [2.05, 4.69) is 26.2 Å². The van der Waals surface area contributed by atoms with Gasteiger partial charge in [0, 0.05) is 16.4 Å². The van der Waals surface area contributed by atoms with E-state index < -0.39 is 11.8 Å². The first-order valence-corrected chi connectivity index (χ1v) is 6.67. The van der Waals surface area contributed by atoms with Gasteiger partial charge in [0.1, 0.15) is 11.4 Å². The van der Waals surface area contributed by atoms with Crippen molar-refractivity contribution in [3.05, 3.63) is 51.0 Å². The first-order valence-electron chi connectivity index (χ1n) is 5.50. The molecule has 1 aromatic heterocycles. The quantitative estimate of drug-likeness (QED) is 0.853. The second-order valence-electron chi connectivity index (χ2n) is 4.05. The zero-order chi connectivity index (χ0) is 14.9. The van der Waals surface area contributed by atoms with Gasteiger partial charge in [-0.25, -0.2) is 9.18 Å². The number of rotatable bonds is 3. The van der Waals surface area contributed by atoms with Crippen molar-refractivity contribution in [2.45, 2.75) is 6.92 Å². The molecule has 0 unspecified atom stereocenters. The number of carboxylic acids is 1. The average molecular weight is 360 g/mol. The second-order valence-corrected chi connectivity index (χ2v) is 5.31. The number of hydrogen-bond donors (Lipinski definition) is 2. The van der Waals surface area contributed by atoms with Crippen molar-refractivity contribution < 1.29 is 14.3 Å². The number of aromatic nitrogens is 1.